The van der Waals surface area contributed by atoms with Crippen LogP contribution in [0.2, 0.25) is 0 Å². The minimum absolute atomic E-state index is 0.419. The number of benzene rings is 4. The molecule has 0 bridgehead atoms. The molecule has 0 N–H and O–H groups in total. The van der Waals surface area contributed by atoms with E-state index >= 15 is 0 Å². The van der Waals surface area contributed by atoms with Gasteiger partial charge in [0.2, 0.25) is 0 Å². The van der Waals surface area contributed by atoms with Gasteiger partial charge in [-0.1, -0.05) is 72.8 Å². The Bertz CT molecular complexity index is 1260. The van der Waals surface area contributed by atoms with E-state index in [1.54, 1.807) is 18.2 Å². The average Bonchev–Trinajstić information content (AvgIpc) is 2.81. The maximum Gasteiger partial charge on any atom is 0.647 e. The first-order chi connectivity index (χ1) is 15.9. The van der Waals surface area contributed by atoms with Crippen molar-refractivity contribution in [2.45, 2.75) is 27.7 Å². The van der Waals surface area contributed by atoms with E-state index < -0.39 is 7.82 Å². The van der Waals surface area contributed by atoms with Crippen molar-refractivity contribution in [3.05, 3.63) is 113 Å². The fourth-order valence-corrected chi connectivity index (χ4v) is 4.86. The smallest absolute Gasteiger partial charge is 0.386 e. The molecule has 0 saturated heterocycles. The van der Waals surface area contributed by atoms with Crippen molar-refractivity contribution in [3.8, 4) is 28.4 Å². The molecule has 0 saturated carbocycles. The van der Waals surface area contributed by atoms with Gasteiger partial charge in [-0.3, -0.25) is 0 Å². The molecule has 168 valence electrons. The molecule has 4 nitrogen and oxygen atoms in total. The summed E-state index contributed by atoms with van der Waals surface area (Å²) < 4.78 is 32.3. The van der Waals surface area contributed by atoms with Crippen molar-refractivity contribution < 1.29 is 18.1 Å². The lowest BCUT2D eigenvalue weighted by molar-refractivity contribution is 0.297. The van der Waals surface area contributed by atoms with Crippen LogP contribution in [-0.4, -0.2) is 0 Å². The Morgan fingerprint density at radius 3 is 1.55 bits per heavy atom. The van der Waals surface area contributed by atoms with Crippen LogP contribution in [0.5, 0.6) is 17.2 Å². The molecule has 0 spiro atoms. The zero-order valence-corrected chi connectivity index (χ0v) is 20.1. The molecule has 4 aromatic carbocycles. The van der Waals surface area contributed by atoms with Gasteiger partial charge in [-0.2, -0.15) is 4.57 Å². The monoisotopic (exact) mass is 458 g/mol. The minimum atomic E-state index is -4.13. The van der Waals surface area contributed by atoms with E-state index in [0.717, 1.165) is 33.4 Å². The van der Waals surface area contributed by atoms with Crippen molar-refractivity contribution in [3.63, 3.8) is 0 Å². The number of hydrogen-bond acceptors (Lipinski definition) is 4. The Hall–Kier alpha value is -3.49. The van der Waals surface area contributed by atoms with Gasteiger partial charge in [-0.25, -0.2) is 0 Å². The first kappa shape index (κ1) is 22.7. The van der Waals surface area contributed by atoms with Crippen molar-refractivity contribution in [1.82, 2.24) is 0 Å². The van der Waals surface area contributed by atoms with Crippen LogP contribution >= 0.6 is 7.82 Å². The molecule has 0 aliphatic heterocycles. The molecule has 0 unspecified atom stereocenters. The van der Waals surface area contributed by atoms with Gasteiger partial charge >= 0.3 is 7.82 Å². The van der Waals surface area contributed by atoms with Crippen molar-refractivity contribution in [2.24, 2.45) is 0 Å². The zero-order valence-electron chi connectivity index (χ0n) is 19.2. The van der Waals surface area contributed by atoms with Crippen LogP contribution in [-0.2, 0) is 4.57 Å². The molecule has 0 atom stereocenters. The van der Waals surface area contributed by atoms with E-state index in [0.29, 0.717) is 17.2 Å². The number of aryl methyl sites for hydroxylation is 2. The summed E-state index contributed by atoms with van der Waals surface area (Å²) in [5, 5.41) is 0. The Morgan fingerprint density at radius 1 is 0.515 bits per heavy atom. The summed E-state index contributed by atoms with van der Waals surface area (Å²) in [7, 11) is -4.13. The van der Waals surface area contributed by atoms with Gasteiger partial charge in [0.25, 0.3) is 0 Å². The Balaban J connectivity index is 1.78. The van der Waals surface area contributed by atoms with E-state index in [1.807, 2.05) is 100 Å². The molecule has 0 heterocycles. The summed E-state index contributed by atoms with van der Waals surface area (Å²) in [5.74, 6) is 1.34. The summed E-state index contributed by atoms with van der Waals surface area (Å²) in [6, 6.07) is 28.5. The quantitative estimate of drug-likeness (QED) is 0.262. The summed E-state index contributed by atoms with van der Waals surface area (Å²) in [6.07, 6.45) is 0. The molecule has 33 heavy (non-hydrogen) atoms. The Kier molecular flexibility index (Phi) is 6.57. The highest BCUT2D eigenvalue weighted by molar-refractivity contribution is 7.49. The first-order valence-corrected chi connectivity index (χ1v) is 12.3. The van der Waals surface area contributed by atoms with Gasteiger partial charge < -0.3 is 13.6 Å². The highest BCUT2D eigenvalue weighted by atomic mass is 31.2. The maximum atomic E-state index is 14.2. The normalized spacial score (nSPS) is 11.2. The summed E-state index contributed by atoms with van der Waals surface area (Å²) in [4.78, 5) is 0. The molecule has 4 rings (SSSR count). The molecule has 5 heteroatoms. The number of rotatable bonds is 7. The van der Waals surface area contributed by atoms with Crippen molar-refractivity contribution in [2.75, 3.05) is 0 Å². The molecule has 0 aliphatic rings. The van der Waals surface area contributed by atoms with Gasteiger partial charge in [-0.15, -0.1) is 0 Å². The van der Waals surface area contributed by atoms with E-state index in [4.69, 9.17) is 13.6 Å². The largest absolute Gasteiger partial charge is 0.647 e. The highest BCUT2D eigenvalue weighted by Crippen LogP contribution is 2.52. The number of para-hydroxylation sites is 1. The van der Waals surface area contributed by atoms with E-state index in [2.05, 4.69) is 0 Å². The highest BCUT2D eigenvalue weighted by Gasteiger charge is 2.35. The number of phosphoric ester groups is 1. The minimum Gasteiger partial charge on any atom is -0.386 e. The second-order valence-electron chi connectivity index (χ2n) is 7.98. The van der Waals surface area contributed by atoms with Crippen LogP contribution in [0.4, 0.5) is 0 Å². The molecule has 0 aliphatic carbocycles. The topological polar surface area (TPSA) is 44.8 Å². The molecule has 0 fully saturated rings. The SMILES string of the molecule is Cc1cccc(OP(=O)(Oc2ccccc2-c2ccccc2)Oc2cccc(C)c2C)c1C. The maximum absolute atomic E-state index is 14.2. The van der Waals surface area contributed by atoms with Crippen LogP contribution in [0.15, 0.2) is 91.0 Å². The molecule has 0 radical (unpaired) electrons. The Morgan fingerprint density at radius 2 is 0.970 bits per heavy atom. The number of hydrogen-bond donors (Lipinski definition) is 0. The molecule has 0 amide bonds. The molecule has 4 aromatic rings. The van der Waals surface area contributed by atoms with Crippen LogP contribution in [0.1, 0.15) is 22.3 Å². The lowest BCUT2D eigenvalue weighted by Crippen LogP contribution is -2.10. The Labute approximate surface area is 195 Å². The standard InChI is InChI=1S/C28H27O4P/c1-20-12-10-18-26(22(20)3)30-33(29,31-27-19-11-13-21(2)23(27)4)32-28-17-9-8-16-25(28)24-14-6-5-7-15-24/h5-19H,1-4H3. The summed E-state index contributed by atoms with van der Waals surface area (Å²) in [6.45, 7) is 7.80. The van der Waals surface area contributed by atoms with Gasteiger partial charge in [0.1, 0.15) is 17.2 Å². The predicted octanol–water partition coefficient (Wildman–Crippen LogP) is 8.23. The first-order valence-electron chi connectivity index (χ1n) is 10.8. The second-order valence-corrected chi connectivity index (χ2v) is 9.42. The van der Waals surface area contributed by atoms with Gasteiger partial charge in [0, 0.05) is 5.56 Å². The lowest BCUT2D eigenvalue weighted by atomic mass is 10.1. The predicted molar refractivity (Wildman–Crippen MR) is 133 cm³/mol. The van der Waals surface area contributed by atoms with Crippen LogP contribution in [0, 0.1) is 27.7 Å². The summed E-state index contributed by atoms with van der Waals surface area (Å²) in [5.41, 5.74) is 5.54. The van der Waals surface area contributed by atoms with Crippen LogP contribution in [0.25, 0.3) is 11.1 Å². The van der Waals surface area contributed by atoms with E-state index in [9.17, 15) is 4.57 Å². The van der Waals surface area contributed by atoms with Crippen LogP contribution in [0.3, 0.4) is 0 Å². The lowest BCUT2D eigenvalue weighted by Gasteiger charge is -2.23. The van der Waals surface area contributed by atoms with Crippen molar-refractivity contribution >= 4 is 7.82 Å². The second kappa shape index (κ2) is 9.56. The third kappa shape index (κ3) is 5.13. The molecular weight excluding hydrogens is 431 g/mol. The zero-order chi connectivity index (χ0) is 23.4. The molecular formula is C28H27O4P. The van der Waals surface area contributed by atoms with E-state index in [1.165, 1.54) is 0 Å². The third-order valence-corrected chi connectivity index (χ3v) is 6.97. The van der Waals surface area contributed by atoms with E-state index in [-0.39, 0.29) is 0 Å². The third-order valence-electron chi connectivity index (χ3n) is 5.71. The summed E-state index contributed by atoms with van der Waals surface area (Å²) >= 11 is 0. The molecule has 0 aromatic heterocycles. The van der Waals surface area contributed by atoms with Gasteiger partial charge in [0.15, 0.2) is 0 Å². The number of phosphoric acid groups is 1. The fraction of sp³-hybridized carbons (Fsp3) is 0.143. The van der Waals surface area contributed by atoms with Crippen molar-refractivity contribution in [1.29, 1.82) is 0 Å². The van der Waals surface area contributed by atoms with Gasteiger partial charge in [-0.05, 0) is 73.7 Å². The average molecular weight is 458 g/mol. The van der Waals surface area contributed by atoms with Gasteiger partial charge in [0.05, 0.1) is 0 Å². The fourth-order valence-electron chi connectivity index (χ4n) is 3.47. The van der Waals surface area contributed by atoms with Crippen LogP contribution < -0.4 is 13.6 Å².